The van der Waals surface area contributed by atoms with Crippen molar-refractivity contribution in [3.8, 4) is 0 Å². The van der Waals surface area contributed by atoms with E-state index in [2.05, 4.69) is 18.7 Å². The van der Waals surface area contributed by atoms with Crippen molar-refractivity contribution < 1.29 is 14.7 Å². The van der Waals surface area contributed by atoms with Crippen LogP contribution in [0.5, 0.6) is 0 Å². The number of carbonyl (C=O) groups is 2. The van der Waals surface area contributed by atoms with Gasteiger partial charge in [0, 0.05) is 45.3 Å². The lowest BCUT2D eigenvalue weighted by atomic mass is 9.92. The van der Waals surface area contributed by atoms with Crippen molar-refractivity contribution in [1.29, 1.82) is 0 Å². The smallest absolute Gasteiger partial charge is 0.320 e. The van der Waals surface area contributed by atoms with E-state index >= 15 is 0 Å². The number of carboxylic acids is 1. The molecule has 0 aliphatic carbocycles. The highest BCUT2D eigenvalue weighted by Crippen LogP contribution is 2.24. The topological polar surface area (TPSA) is 64.1 Å². The molecule has 6 heteroatoms. The predicted molar refractivity (Wildman–Crippen MR) is 80.2 cm³/mol. The Balaban J connectivity index is 1.81. The van der Waals surface area contributed by atoms with Gasteiger partial charge in [-0.2, -0.15) is 0 Å². The summed E-state index contributed by atoms with van der Waals surface area (Å²) in [6.45, 7) is 8.76. The first-order valence-corrected chi connectivity index (χ1v) is 7.98. The molecular weight excluding hydrogens is 270 g/mol. The summed E-state index contributed by atoms with van der Waals surface area (Å²) in [5.74, 6) is -0.191. The summed E-state index contributed by atoms with van der Waals surface area (Å²) in [5, 5.41) is 8.71. The predicted octanol–water partition coefficient (Wildman–Crippen LogP) is 1.32. The van der Waals surface area contributed by atoms with Crippen LogP contribution in [0.3, 0.4) is 0 Å². The number of hydrogen-bond acceptors (Lipinski definition) is 3. The molecule has 2 amide bonds. The van der Waals surface area contributed by atoms with Gasteiger partial charge in [-0.3, -0.25) is 9.69 Å². The van der Waals surface area contributed by atoms with Gasteiger partial charge in [0.2, 0.25) is 0 Å². The molecule has 2 aliphatic heterocycles. The molecule has 2 aliphatic rings. The molecule has 2 atom stereocenters. The molecule has 0 aromatic heterocycles. The van der Waals surface area contributed by atoms with E-state index in [1.165, 1.54) is 6.42 Å². The Bertz CT molecular complexity index is 380. The molecule has 0 saturated carbocycles. The molecule has 0 bridgehead atoms. The van der Waals surface area contributed by atoms with Crippen LogP contribution in [0.1, 0.15) is 33.1 Å². The molecule has 2 heterocycles. The number of carboxylic acid groups (broad SMARTS) is 1. The Hall–Kier alpha value is -1.30. The van der Waals surface area contributed by atoms with Gasteiger partial charge in [0.25, 0.3) is 0 Å². The molecule has 2 rings (SSSR count). The minimum Gasteiger partial charge on any atom is -0.481 e. The quantitative estimate of drug-likeness (QED) is 0.853. The lowest BCUT2D eigenvalue weighted by Gasteiger charge is -2.43. The first-order chi connectivity index (χ1) is 9.99. The van der Waals surface area contributed by atoms with Crippen molar-refractivity contribution in [2.75, 3.05) is 39.3 Å². The lowest BCUT2D eigenvalue weighted by molar-refractivity contribution is -0.137. The summed E-state index contributed by atoms with van der Waals surface area (Å²) in [6.07, 6.45) is 2.47. The number of amides is 2. The van der Waals surface area contributed by atoms with Crippen LogP contribution in [-0.4, -0.2) is 77.1 Å². The number of piperazine rings is 1. The van der Waals surface area contributed by atoms with Crippen molar-refractivity contribution in [3.05, 3.63) is 0 Å². The number of rotatable bonds is 3. The molecular formula is C15H27N3O3. The van der Waals surface area contributed by atoms with Gasteiger partial charge in [0.15, 0.2) is 0 Å². The van der Waals surface area contributed by atoms with Gasteiger partial charge in [0.1, 0.15) is 0 Å². The van der Waals surface area contributed by atoms with E-state index in [1.54, 1.807) is 0 Å². The second kappa shape index (κ2) is 7.11. The van der Waals surface area contributed by atoms with Crippen LogP contribution in [0.25, 0.3) is 0 Å². The van der Waals surface area contributed by atoms with Crippen LogP contribution in [0.15, 0.2) is 0 Å². The molecule has 2 unspecified atom stereocenters. The Labute approximate surface area is 126 Å². The summed E-state index contributed by atoms with van der Waals surface area (Å²) in [6, 6.07) is 0.475. The highest BCUT2D eigenvalue weighted by atomic mass is 16.4. The molecule has 2 fully saturated rings. The molecule has 0 aromatic rings. The molecule has 0 radical (unpaired) electrons. The third kappa shape index (κ3) is 4.09. The van der Waals surface area contributed by atoms with Crippen LogP contribution in [-0.2, 0) is 4.79 Å². The lowest BCUT2D eigenvalue weighted by Crippen LogP contribution is -2.56. The van der Waals surface area contributed by atoms with Crippen LogP contribution >= 0.6 is 0 Å². The van der Waals surface area contributed by atoms with Crippen LogP contribution in [0, 0.1) is 5.92 Å². The highest BCUT2D eigenvalue weighted by molar-refractivity contribution is 5.75. The maximum Gasteiger partial charge on any atom is 0.320 e. The van der Waals surface area contributed by atoms with E-state index in [1.807, 2.05) is 9.80 Å². The minimum absolute atomic E-state index is 0.159. The van der Waals surface area contributed by atoms with Crippen molar-refractivity contribution >= 4 is 12.0 Å². The fourth-order valence-electron chi connectivity index (χ4n) is 3.20. The van der Waals surface area contributed by atoms with Gasteiger partial charge in [-0.05, 0) is 25.7 Å². The standard InChI is InChI=1S/C15H27N3O3/c1-12-4-3-6-18(13(12)2)15(21)17-10-8-16(9-11-17)7-5-14(19)20/h12-13H,3-11H2,1-2H3,(H,19,20). The van der Waals surface area contributed by atoms with Crippen molar-refractivity contribution in [3.63, 3.8) is 0 Å². The molecule has 0 spiro atoms. The summed E-state index contributed by atoms with van der Waals surface area (Å²) in [7, 11) is 0. The SMILES string of the molecule is CC1CCCN(C(=O)N2CCN(CCC(=O)O)CC2)C1C. The second-order valence-electron chi connectivity index (χ2n) is 6.31. The van der Waals surface area contributed by atoms with Gasteiger partial charge in [-0.25, -0.2) is 4.79 Å². The molecule has 21 heavy (non-hydrogen) atoms. The van der Waals surface area contributed by atoms with E-state index in [0.717, 1.165) is 26.1 Å². The molecule has 0 aromatic carbocycles. The number of hydrogen-bond donors (Lipinski definition) is 1. The number of carbonyl (C=O) groups excluding carboxylic acids is 1. The molecule has 6 nitrogen and oxygen atoms in total. The van der Waals surface area contributed by atoms with E-state index < -0.39 is 5.97 Å². The third-order valence-corrected chi connectivity index (χ3v) is 4.90. The highest BCUT2D eigenvalue weighted by Gasteiger charge is 2.32. The third-order valence-electron chi connectivity index (χ3n) is 4.90. The van der Waals surface area contributed by atoms with Gasteiger partial charge < -0.3 is 14.9 Å². The van der Waals surface area contributed by atoms with Crippen LogP contribution in [0.2, 0.25) is 0 Å². The number of nitrogens with zero attached hydrogens (tertiary/aromatic N) is 3. The first-order valence-electron chi connectivity index (χ1n) is 7.98. The Morgan fingerprint density at radius 3 is 2.38 bits per heavy atom. The number of urea groups is 1. The van der Waals surface area contributed by atoms with Crippen LogP contribution in [0.4, 0.5) is 4.79 Å². The van der Waals surface area contributed by atoms with Crippen molar-refractivity contribution in [2.24, 2.45) is 5.92 Å². The monoisotopic (exact) mass is 297 g/mol. The van der Waals surface area contributed by atoms with Crippen molar-refractivity contribution in [2.45, 2.75) is 39.2 Å². The normalized spacial score (nSPS) is 27.7. The zero-order valence-corrected chi connectivity index (χ0v) is 13.1. The van der Waals surface area contributed by atoms with Crippen LogP contribution < -0.4 is 0 Å². The number of likely N-dealkylation sites (tertiary alicyclic amines) is 1. The summed E-state index contributed by atoms with van der Waals surface area (Å²) >= 11 is 0. The van der Waals surface area contributed by atoms with Gasteiger partial charge in [0.05, 0.1) is 6.42 Å². The maximum absolute atomic E-state index is 12.6. The van der Waals surface area contributed by atoms with Crippen molar-refractivity contribution in [1.82, 2.24) is 14.7 Å². The zero-order chi connectivity index (χ0) is 15.4. The largest absolute Gasteiger partial charge is 0.481 e. The Morgan fingerprint density at radius 2 is 1.76 bits per heavy atom. The fraction of sp³-hybridized carbons (Fsp3) is 0.867. The Kier molecular flexibility index (Phi) is 5.45. The first kappa shape index (κ1) is 16.1. The van der Waals surface area contributed by atoms with Gasteiger partial charge >= 0.3 is 12.0 Å². The van der Waals surface area contributed by atoms with E-state index in [-0.39, 0.29) is 12.5 Å². The average Bonchev–Trinajstić information content (AvgIpc) is 2.48. The average molecular weight is 297 g/mol. The van der Waals surface area contributed by atoms with E-state index in [0.29, 0.717) is 31.6 Å². The van der Waals surface area contributed by atoms with E-state index in [4.69, 9.17) is 5.11 Å². The number of piperidine rings is 1. The zero-order valence-electron chi connectivity index (χ0n) is 13.1. The van der Waals surface area contributed by atoms with Gasteiger partial charge in [-0.15, -0.1) is 0 Å². The maximum atomic E-state index is 12.6. The van der Waals surface area contributed by atoms with Gasteiger partial charge in [-0.1, -0.05) is 6.92 Å². The molecule has 1 N–H and O–H groups in total. The number of aliphatic carboxylic acids is 1. The summed E-state index contributed by atoms with van der Waals surface area (Å²) < 4.78 is 0. The summed E-state index contributed by atoms with van der Waals surface area (Å²) in [5.41, 5.74) is 0. The molecule has 120 valence electrons. The Morgan fingerprint density at radius 1 is 1.10 bits per heavy atom. The molecule has 2 saturated heterocycles. The minimum atomic E-state index is -0.760. The van der Waals surface area contributed by atoms with E-state index in [9.17, 15) is 9.59 Å². The fourth-order valence-corrected chi connectivity index (χ4v) is 3.20. The second-order valence-corrected chi connectivity index (χ2v) is 6.31. The summed E-state index contributed by atoms with van der Waals surface area (Å²) in [4.78, 5) is 29.3.